The predicted octanol–water partition coefficient (Wildman–Crippen LogP) is 2.11. The van der Waals surface area contributed by atoms with Crippen molar-refractivity contribution in [3.05, 3.63) is 24.3 Å². The second-order valence-corrected chi connectivity index (χ2v) is 4.46. The number of nitrogens with one attached hydrogen (secondary N) is 1. The van der Waals surface area contributed by atoms with Crippen LogP contribution in [0.1, 0.15) is 13.8 Å². The van der Waals surface area contributed by atoms with Crippen molar-refractivity contribution in [2.75, 3.05) is 26.1 Å². The number of ether oxygens (including phenoxy) is 2. The van der Waals surface area contributed by atoms with E-state index in [-0.39, 0.29) is 18.6 Å². The monoisotopic (exact) mass is 280 g/mol. The lowest BCUT2D eigenvalue weighted by molar-refractivity contribution is -0.141. The number of nitrogens with zero attached hydrogens (tertiary/aromatic N) is 1. The summed E-state index contributed by atoms with van der Waals surface area (Å²) in [5.74, 6) is 0.186. The molecule has 0 aliphatic heterocycles. The largest absolute Gasteiger partial charge is 0.497 e. The van der Waals surface area contributed by atoms with Gasteiger partial charge in [0.1, 0.15) is 12.3 Å². The number of benzene rings is 1. The standard InChI is InChI=1S/C14H20N2O4/c1-10(2)16(9-13(17)20-4)14(18)15-11-6-5-7-12(8-11)19-3/h5-8,10H,9H2,1-4H3,(H,15,18). The van der Waals surface area contributed by atoms with Gasteiger partial charge in [0, 0.05) is 17.8 Å². The summed E-state index contributed by atoms with van der Waals surface area (Å²) in [5.41, 5.74) is 0.602. The average molecular weight is 280 g/mol. The molecule has 0 saturated heterocycles. The molecule has 0 fully saturated rings. The van der Waals surface area contributed by atoms with Crippen molar-refractivity contribution in [1.29, 1.82) is 0 Å². The molecule has 0 bridgehead atoms. The molecule has 0 saturated carbocycles. The highest BCUT2D eigenvalue weighted by molar-refractivity contribution is 5.91. The topological polar surface area (TPSA) is 67.9 Å². The molecule has 0 spiro atoms. The Morgan fingerprint density at radius 3 is 2.55 bits per heavy atom. The molecular formula is C14H20N2O4. The van der Waals surface area contributed by atoms with E-state index in [1.54, 1.807) is 31.4 Å². The minimum absolute atomic E-state index is 0.0933. The maximum atomic E-state index is 12.2. The zero-order valence-electron chi connectivity index (χ0n) is 12.2. The number of amides is 2. The number of anilines is 1. The molecule has 6 heteroatoms. The minimum Gasteiger partial charge on any atom is -0.497 e. The van der Waals surface area contributed by atoms with Crippen molar-refractivity contribution in [3.8, 4) is 5.75 Å². The summed E-state index contributed by atoms with van der Waals surface area (Å²) in [7, 11) is 2.85. The van der Waals surface area contributed by atoms with Gasteiger partial charge in [0.2, 0.25) is 0 Å². The molecule has 110 valence electrons. The highest BCUT2D eigenvalue weighted by Crippen LogP contribution is 2.17. The zero-order valence-corrected chi connectivity index (χ0v) is 12.2. The Bertz CT molecular complexity index is 474. The molecule has 1 N–H and O–H groups in total. The number of methoxy groups -OCH3 is 2. The fourth-order valence-electron chi connectivity index (χ4n) is 1.59. The first-order valence-electron chi connectivity index (χ1n) is 6.26. The molecule has 0 atom stereocenters. The van der Waals surface area contributed by atoms with Gasteiger partial charge in [-0.05, 0) is 26.0 Å². The number of urea groups is 1. The van der Waals surface area contributed by atoms with E-state index in [2.05, 4.69) is 10.1 Å². The highest BCUT2D eigenvalue weighted by atomic mass is 16.5. The van der Waals surface area contributed by atoms with Gasteiger partial charge in [-0.3, -0.25) is 4.79 Å². The fraction of sp³-hybridized carbons (Fsp3) is 0.429. The third kappa shape index (κ3) is 4.46. The number of rotatable bonds is 5. The molecule has 0 aromatic heterocycles. The Morgan fingerprint density at radius 1 is 1.30 bits per heavy atom. The molecular weight excluding hydrogens is 260 g/mol. The summed E-state index contributed by atoms with van der Waals surface area (Å²) < 4.78 is 9.67. The molecule has 0 aliphatic carbocycles. The third-order valence-corrected chi connectivity index (χ3v) is 2.73. The molecule has 0 heterocycles. The SMILES string of the molecule is COC(=O)CN(C(=O)Nc1cccc(OC)c1)C(C)C. The molecule has 2 amide bonds. The molecule has 1 aromatic carbocycles. The normalized spacial score (nSPS) is 10.1. The van der Waals surface area contributed by atoms with Crippen LogP contribution >= 0.6 is 0 Å². The predicted molar refractivity (Wildman–Crippen MR) is 75.9 cm³/mol. The van der Waals surface area contributed by atoms with Crippen LogP contribution in [-0.2, 0) is 9.53 Å². The van der Waals surface area contributed by atoms with E-state index in [4.69, 9.17) is 4.74 Å². The van der Waals surface area contributed by atoms with Crippen LogP contribution in [0.25, 0.3) is 0 Å². The van der Waals surface area contributed by atoms with Gasteiger partial charge in [0.25, 0.3) is 0 Å². The van der Waals surface area contributed by atoms with Crippen LogP contribution in [0.5, 0.6) is 5.75 Å². The van der Waals surface area contributed by atoms with Gasteiger partial charge in [-0.1, -0.05) is 6.07 Å². The van der Waals surface area contributed by atoms with Crippen LogP contribution in [-0.4, -0.2) is 43.7 Å². The molecule has 6 nitrogen and oxygen atoms in total. The number of carbonyl (C=O) groups excluding carboxylic acids is 2. The summed E-state index contributed by atoms with van der Waals surface area (Å²) in [5, 5.41) is 2.73. The van der Waals surface area contributed by atoms with E-state index >= 15 is 0 Å². The summed E-state index contributed by atoms with van der Waals surface area (Å²) in [4.78, 5) is 24.9. The van der Waals surface area contributed by atoms with Crippen molar-refractivity contribution < 1.29 is 19.1 Å². The van der Waals surface area contributed by atoms with Gasteiger partial charge in [-0.25, -0.2) is 4.79 Å². The molecule has 0 radical (unpaired) electrons. The maximum absolute atomic E-state index is 12.2. The molecule has 20 heavy (non-hydrogen) atoms. The minimum atomic E-state index is -0.459. The van der Waals surface area contributed by atoms with Gasteiger partial charge in [0.15, 0.2) is 0 Å². The summed E-state index contributed by atoms with van der Waals surface area (Å²) >= 11 is 0. The van der Waals surface area contributed by atoms with Gasteiger partial charge in [0.05, 0.1) is 14.2 Å². The Kier molecular flexibility index (Phi) is 5.83. The quantitative estimate of drug-likeness (QED) is 0.839. The highest BCUT2D eigenvalue weighted by Gasteiger charge is 2.20. The zero-order chi connectivity index (χ0) is 15.1. The van der Waals surface area contributed by atoms with E-state index in [1.807, 2.05) is 13.8 Å². The fourth-order valence-corrected chi connectivity index (χ4v) is 1.59. The van der Waals surface area contributed by atoms with Crippen molar-refractivity contribution in [2.24, 2.45) is 0 Å². The number of carbonyl (C=O) groups is 2. The first-order chi connectivity index (χ1) is 9.47. The number of esters is 1. The summed E-state index contributed by atoms with van der Waals surface area (Å²) in [6, 6.07) is 6.52. The number of hydrogen-bond acceptors (Lipinski definition) is 4. The van der Waals surface area contributed by atoms with Crippen LogP contribution in [0.2, 0.25) is 0 Å². The molecule has 1 aromatic rings. The average Bonchev–Trinajstić information content (AvgIpc) is 2.44. The smallest absolute Gasteiger partial charge is 0.325 e. The van der Waals surface area contributed by atoms with Crippen LogP contribution < -0.4 is 10.1 Å². The Labute approximate surface area is 118 Å². The molecule has 0 aliphatic rings. The lowest BCUT2D eigenvalue weighted by Crippen LogP contribution is -2.43. The van der Waals surface area contributed by atoms with Crippen molar-refractivity contribution in [3.63, 3.8) is 0 Å². The van der Waals surface area contributed by atoms with E-state index in [9.17, 15) is 9.59 Å². The van der Waals surface area contributed by atoms with Crippen LogP contribution in [0.3, 0.4) is 0 Å². The van der Waals surface area contributed by atoms with Gasteiger partial charge < -0.3 is 19.7 Å². The maximum Gasteiger partial charge on any atom is 0.325 e. The Hall–Kier alpha value is -2.24. The van der Waals surface area contributed by atoms with Crippen molar-refractivity contribution in [1.82, 2.24) is 4.90 Å². The van der Waals surface area contributed by atoms with Gasteiger partial charge in [-0.2, -0.15) is 0 Å². The van der Waals surface area contributed by atoms with Gasteiger partial charge in [-0.15, -0.1) is 0 Å². The second-order valence-electron chi connectivity index (χ2n) is 4.46. The van der Waals surface area contributed by atoms with Crippen LogP contribution in [0, 0.1) is 0 Å². The third-order valence-electron chi connectivity index (χ3n) is 2.73. The Morgan fingerprint density at radius 2 is 2.00 bits per heavy atom. The van der Waals surface area contributed by atoms with E-state index < -0.39 is 5.97 Å². The van der Waals surface area contributed by atoms with Crippen molar-refractivity contribution >= 4 is 17.7 Å². The molecule has 0 unspecified atom stereocenters. The first-order valence-corrected chi connectivity index (χ1v) is 6.26. The number of hydrogen-bond donors (Lipinski definition) is 1. The second kappa shape index (κ2) is 7.37. The Balaban J connectivity index is 2.77. The van der Waals surface area contributed by atoms with Crippen molar-refractivity contribution in [2.45, 2.75) is 19.9 Å². The first kappa shape index (κ1) is 15.8. The van der Waals surface area contributed by atoms with E-state index in [0.717, 1.165) is 0 Å². The van der Waals surface area contributed by atoms with E-state index in [0.29, 0.717) is 11.4 Å². The van der Waals surface area contributed by atoms with E-state index in [1.165, 1.54) is 12.0 Å². The lowest BCUT2D eigenvalue weighted by Gasteiger charge is -2.25. The summed E-state index contributed by atoms with van der Waals surface area (Å²) in [6.07, 6.45) is 0. The lowest BCUT2D eigenvalue weighted by atomic mass is 10.3. The summed E-state index contributed by atoms with van der Waals surface area (Å²) in [6.45, 7) is 3.56. The van der Waals surface area contributed by atoms with Crippen LogP contribution in [0.15, 0.2) is 24.3 Å². The van der Waals surface area contributed by atoms with Crippen LogP contribution in [0.4, 0.5) is 10.5 Å². The molecule has 1 rings (SSSR count). The van der Waals surface area contributed by atoms with Gasteiger partial charge >= 0.3 is 12.0 Å².